The summed E-state index contributed by atoms with van der Waals surface area (Å²) in [7, 11) is 0. The lowest BCUT2D eigenvalue weighted by atomic mass is 10.4. The van der Waals surface area contributed by atoms with Crippen molar-refractivity contribution in [2.75, 3.05) is 0 Å². The highest BCUT2D eigenvalue weighted by Crippen LogP contribution is 2.00. The Morgan fingerprint density at radius 3 is 1.08 bits per heavy atom. The third-order valence-corrected chi connectivity index (χ3v) is 1.72. The van der Waals surface area contributed by atoms with Crippen LogP contribution in [-0.4, -0.2) is 0 Å². The molecule has 13 heavy (non-hydrogen) atoms. The van der Waals surface area contributed by atoms with Crippen LogP contribution in [0.15, 0.2) is 71.6 Å². The van der Waals surface area contributed by atoms with E-state index in [1.807, 2.05) is 66.7 Å². The first-order valence-electron chi connectivity index (χ1n) is 4.13. The van der Waals surface area contributed by atoms with Crippen LogP contribution in [-0.2, 0) is 0 Å². The van der Waals surface area contributed by atoms with E-state index in [4.69, 9.17) is 0 Å². The molecular formula is C12H12S. The summed E-state index contributed by atoms with van der Waals surface area (Å²) in [4.78, 5) is 1.02. The molecule has 1 heteroatoms. The molecule has 0 heterocycles. The molecule has 0 saturated carbocycles. The first-order chi connectivity index (χ1) is 6.39. The van der Waals surface area contributed by atoms with Crippen LogP contribution in [0.25, 0.3) is 0 Å². The topological polar surface area (TPSA) is 0 Å². The van der Waals surface area contributed by atoms with Crippen molar-refractivity contribution >= 4 is 12.6 Å². The molecule has 2 aromatic carbocycles. The molecule has 0 amide bonds. The van der Waals surface area contributed by atoms with Crippen molar-refractivity contribution in [3.8, 4) is 0 Å². The lowest BCUT2D eigenvalue weighted by Gasteiger charge is -1.81. The lowest BCUT2D eigenvalue weighted by Crippen LogP contribution is -1.56. The van der Waals surface area contributed by atoms with E-state index < -0.39 is 0 Å². The van der Waals surface area contributed by atoms with Crippen LogP contribution < -0.4 is 0 Å². The summed E-state index contributed by atoms with van der Waals surface area (Å²) in [6.07, 6.45) is 0. The summed E-state index contributed by atoms with van der Waals surface area (Å²) in [5, 5.41) is 0. The summed E-state index contributed by atoms with van der Waals surface area (Å²) in [6.45, 7) is 0. The molecule has 0 N–H and O–H groups in total. The predicted molar refractivity (Wildman–Crippen MR) is 60.1 cm³/mol. The molecule has 2 aromatic rings. The van der Waals surface area contributed by atoms with Crippen molar-refractivity contribution in [3.63, 3.8) is 0 Å². The van der Waals surface area contributed by atoms with E-state index in [0.717, 1.165) is 4.90 Å². The van der Waals surface area contributed by atoms with E-state index >= 15 is 0 Å². The van der Waals surface area contributed by atoms with Crippen LogP contribution in [0.1, 0.15) is 0 Å². The van der Waals surface area contributed by atoms with Gasteiger partial charge in [-0.05, 0) is 12.1 Å². The Morgan fingerprint density at radius 1 is 0.538 bits per heavy atom. The fraction of sp³-hybridized carbons (Fsp3) is 0. The molecule has 0 aromatic heterocycles. The molecule has 0 atom stereocenters. The van der Waals surface area contributed by atoms with Crippen LogP contribution in [0, 0.1) is 0 Å². The van der Waals surface area contributed by atoms with E-state index in [9.17, 15) is 0 Å². The van der Waals surface area contributed by atoms with Crippen molar-refractivity contribution in [2.45, 2.75) is 4.90 Å². The second kappa shape index (κ2) is 6.32. The molecule has 0 spiro atoms. The van der Waals surface area contributed by atoms with Crippen molar-refractivity contribution in [1.29, 1.82) is 0 Å². The summed E-state index contributed by atoms with van der Waals surface area (Å²) in [5.41, 5.74) is 0. The molecule has 0 saturated heterocycles. The van der Waals surface area contributed by atoms with Gasteiger partial charge in [0, 0.05) is 4.90 Å². The maximum atomic E-state index is 4.08. The average molecular weight is 188 g/mol. The Morgan fingerprint density at radius 2 is 0.846 bits per heavy atom. The molecule has 0 aliphatic carbocycles. The standard InChI is InChI=1S/C6H6S.C6H6/c7-6-4-2-1-3-5-6;1-2-4-6-5-3-1/h1-5,7H;1-6H. The molecule has 0 bridgehead atoms. The molecule has 0 aliphatic heterocycles. The van der Waals surface area contributed by atoms with E-state index in [-0.39, 0.29) is 0 Å². The van der Waals surface area contributed by atoms with E-state index in [1.165, 1.54) is 0 Å². The third kappa shape index (κ3) is 5.10. The number of hydrogen-bond acceptors (Lipinski definition) is 1. The van der Waals surface area contributed by atoms with Crippen LogP contribution in [0.3, 0.4) is 0 Å². The maximum absolute atomic E-state index is 4.08. The number of thiol groups is 1. The quantitative estimate of drug-likeness (QED) is 0.599. The summed E-state index contributed by atoms with van der Waals surface area (Å²) in [6, 6.07) is 21.8. The molecular weight excluding hydrogens is 176 g/mol. The zero-order valence-electron chi connectivity index (χ0n) is 7.30. The van der Waals surface area contributed by atoms with Gasteiger partial charge < -0.3 is 0 Å². The lowest BCUT2D eigenvalue weighted by molar-refractivity contribution is 1.48. The fourth-order valence-corrected chi connectivity index (χ4v) is 0.985. The largest absolute Gasteiger partial charge is 0.143 e. The maximum Gasteiger partial charge on any atom is 0.00399 e. The van der Waals surface area contributed by atoms with Gasteiger partial charge >= 0.3 is 0 Å². The molecule has 0 radical (unpaired) electrons. The van der Waals surface area contributed by atoms with Gasteiger partial charge in [0.2, 0.25) is 0 Å². The monoisotopic (exact) mass is 188 g/mol. The number of benzene rings is 2. The minimum absolute atomic E-state index is 1.02. The first-order valence-corrected chi connectivity index (χ1v) is 4.58. The van der Waals surface area contributed by atoms with Crippen LogP contribution in [0.5, 0.6) is 0 Å². The van der Waals surface area contributed by atoms with E-state index in [1.54, 1.807) is 0 Å². The molecule has 2 rings (SSSR count). The van der Waals surface area contributed by atoms with Gasteiger partial charge in [-0.2, -0.15) is 0 Å². The molecule has 0 fully saturated rings. The van der Waals surface area contributed by atoms with Gasteiger partial charge in [0.05, 0.1) is 0 Å². The van der Waals surface area contributed by atoms with Crippen molar-refractivity contribution in [3.05, 3.63) is 66.7 Å². The highest BCUT2D eigenvalue weighted by Gasteiger charge is 1.73. The zero-order valence-corrected chi connectivity index (χ0v) is 8.19. The number of rotatable bonds is 0. The SMILES string of the molecule is Sc1ccccc1.c1ccccc1. The Kier molecular flexibility index (Phi) is 4.80. The van der Waals surface area contributed by atoms with Crippen LogP contribution in [0.4, 0.5) is 0 Å². The van der Waals surface area contributed by atoms with Gasteiger partial charge in [-0.15, -0.1) is 12.6 Å². The second-order valence-corrected chi connectivity index (χ2v) is 3.01. The van der Waals surface area contributed by atoms with Crippen molar-refractivity contribution in [1.82, 2.24) is 0 Å². The number of hydrogen-bond donors (Lipinski definition) is 1. The minimum atomic E-state index is 1.02. The fourth-order valence-electron chi connectivity index (χ4n) is 0.813. The average Bonchev–Trinajstić information content (AvgIpc) is 2.22. The van der Waals surface area contributed by atoms with Crippen molar-refractivity contribution in [2.24, 2.45) is 0 Å². The molecule has 0 unspecified atom stereocenters. The van der Waals surface area contributed by atoms with Gasteiger partial charge in [0.1, 0.15) is 0 Å². The Hall–Kier alpha value is -1.21. The van der Waals surface area contributed by atoms with Crippen molar-refractivity contribution < 1.29 is 0 Å². The minimum Gasteiger partial charge on any atom is -0.143 e. The van der Waals surface area contributed by atoms with Gasteiger partial charge in [-0.1, -0.05) is 54.6 Å². The third-order valence-electron chi connectivity index (χ3n) is 1.42. The molecule has 0 nitrogen and oxygen atoms in total. The Labute approximate surface area is 84.6 Å². The molecule has 0 aliphatic rings. The molecule has 66 valence electrons. The van der Waals surface area contributed by atoms with Gasteiger partial charge in [-0.25, -0.2) is 0 Å². The highest BCUT2D eigenvalue weighted by molar-refractivity contribution is 7.80. The van der Waals surface area contributed by atoms with E-state index in [2.05, 4.69) is 12.6 Å². The Balaban J connectivity index is 0.000000132. The van der Waals surface area contributed by atoms with Gasteiger partial charge in [-0.3, -0.25) is 0 Å². The van der Waals surface area contributed by atoms with Gasteiger partial charge in [0.15, 0.2) is 0 Å². The zero-order chi connectivity index (χ0) is 9.36. The predicted octanol–water partition coefficient (Wildman–Crippen LogP) is 3.66. The van der Waals surface area contributed by atoms with Crippen LogP contribution in [0.2, 0.25) is 0 Å². The summed E-state index contributed by atoms with van der Waals surface area (Å²) >= 11 is 4.08. The highest BCUT2D eigenvalue weighted by atomic mass is 32.1. The normalized spacial score (nSPS) is 8.38. The van der Waals surface area contributed by atoms with Gasteiger partial charge in [0.25, 0.3) is 0 Å². The smallest absolute Gasteiger partial charge is 0.00399 e. The Bertz CT molecular complexity index is 276. The summed E-state index contributed by atoms with van der Waals surface area (Å²) < 4.78 is 0. The second-order valence-electron chi connectivity index (χ2n) is 2.49. The summed E-state index contributed by atoms with van der Waals surface area (Å²) in [5.74, 6) is 0. The van der Waals surface area contributed by atoms with Crippen LogP contribution >= 0.6 is 12.6 Å². The van der Waals surface area contributed by atoms with E-state index in [0.29, 0.717) is 0 Å². The first kappa shape index (κ1) is 9.87.